The highest BCUT2D eigenvalue weighted by Gasteiger charge is 2.07. The van der Waals surface area contributed by atoms with Crippen LogP contribution < -0.4 is 26.0 Å². The molecular formula is C27H35N7O4. The van der Waals surface area contributed by atoms with Gasteiger partial charge >= 0.3 is 0 Å². The maximum Gasteiger partial charge on any atom is 0.251 e. The number of aromatic nitrogens is 3. The number of methoxy groups -OCH3 is 1. The zero-order chi connectivity index (χ0) is 26.8. The van der Waals surface area contributed by atoms with Crippen LogP contribution in [0.3, 0.4) is 0 Å². The summed E-state index contributed by atoms with van der Waals surface area (Å²) >= 11 is 0. The van der Waals surface area contributed by atoms with Crippen molar-refractivity contribution in [2.75, 3.05) is 69.1 Å². The van der Waals surface area contributed by atoms with E-state index in [9.17, 15) is 4.79 Å². The molecule has 0 aliphatic rings. The summed E-state index contributed by atoms with van der Waals surface area (Å²) in [4.78, 5) is 25.2. The van der Waals surface area contributed by atoms with Crippen molar-refractivity contribution in [3.63, 3.8) is 0 Å². The second-order valence-corrected chi connectivity index (χ2v) is 7.95. The highest BCUT2D eigenvalue weighted by molar-refractivity contribution is 5.94. The Bertz CT molecular complexity index is 1110. The number of amides is 1. The molecule has 202 valence electrons. The number of benzene rings is 2. The van der Waals surface area contributed by atoms with Gasteiger partial charge in [-0.25, -0.2) is 0 Å². The Morgan fingerprint density at radius 3 is 2.11 bits per heavy atom. The first-order valence-corrected chi connectivity index (χ1v) is 12.4. The molecule has 0 unspecified atom stereocenters. The largest absolute Gasteiger partial charge is 0.497 e. The Hall–Kier alpha value is -4.22. The number of nitrogens with one attached hydrogen (secondary N) is 4. The van der Waals surface area contributed by atoms with Crippen LogP contribution in [0.25, 0.3) is 0 Å². The molecule has 2 aromatic carbocycles. The molecule has 0 fully saturated rings. The molecule has 0 spiro atoms. The van der Waals surface area contributed by atoms with Gasteiger partial charge in [-0.2, -0.15) is 15.0 Å². The minimum atomic E-state index is -0.114. The summed E-state index contributed by atoms with van der Waals surface area (Å²) in [6, 6.07) is 16.8. The van der Waals surface area contributed by atoms with Crippen LogP contribution in [0.4, 0.5) is 17.8 Å². The predicted octanol–water partition coefficient (Wildman–Crippen LogP) is 2.97. The monoisotopic (exact) mass is 521 g/mol. The van der Waals surface area contributed by atoms with E-state index in [-0.39, 0.29) is 5.91 Å². The van der Waals surface area contributed by atoms with Crippen molar-refractivity contribution >= 4 is 23.8 Å². The molecule has 0 saturated heterocycles. The summed E-state index contributed by atoms with van der Waals surface area (Å²) in [5.74, 6) is 2.00. The maximum atomic E-state index is 12.0. The van der Waals surface area contributed by atoms with E-state index < -0.39 is 0 Å². The molecule has 0 radical (unpaired) electrons. The standard InChI is InChI=1S/C27H35N7O4/c1-3-13-29-25-32-26(34-27(33-25)31-20-21-9-11-23(36-2)12-10-21)30-15-17-38-19-18-37-16-14-28-24(35)22-7-5-4-6-8-22/h3-12H,1,13-20H2,2H3,(H,28,35)(H3,29,30,31,32,33,34). The number of ether oxygens (including phenoxy) is 3. The van der Waals surface area contributed by atoms with Gasteiger partial charge in [0.2, 0.25) is 17.8 Å². The van der Waals surface area contributed by atoms with Crippen LogP contribution in [-0.2, 0) is 16.0 Å². The van der Waals surface area contributed by atoms with Crippen LogP contribution in [0.2, 0.25) is 0 Å². The first-order valence-electron chi connectivity index (χ1n) is 12.4. The quantitative estimate of drug-likeness (QED) is 0.146. The molecule has 11 nitrogen and oxygen atoms in total. The number of hydrogen-bond acceptors (Lipinski definition) is 10. The number of hydrogen-bond donors (Lipinski definition) is 4. The lowest BCUT2D eigenvalue weighted by molar-refractivity contribution is 0.0519. The topological polar surface area (TPSA) is 132 Å². The smallest absolute Gasteiger partial charge is 0.251 e. The second-order valence-electron chi connectivity index (χ2n) is 7.95. The Morgan fingerprint density at radius 2 is 1.45 bits per heavy atom. The highest BCUT2D eigenvalue weighted by atomic mass is 16.5. The molecule has 38 heavy (non-hydrogen) atoms. The average molecular weight is 522 g/mol. The maximum absolute atomic E-state index is 12.0. The minimum absolute atomic E-state index is 0.114. The number of carbonyl (C=O) groups is 1. The van der Waals surface area contributed by atoms with Gasteiger partial charge in [-0.15, -0.1) is 6.58 Å². The third kappa shape index (κ3) is 10.4. The minimum Gasteiger partial charge on any atom is -0.497 e. The normalized spacial score (nSPS) is 10.4. The molecule has 0 bridgehead atoms. The zero-order valence-electron chi connectivity index (χ0n) is 21.6. The van der Waals surface area contributed by atoms with Crippen molar-refractivity contribution in [2.45, 2.75) is 6.54 Å². The molecule has 1 amide bonds. The van der Waals surface area contributed by atoms with Crippen molar-refractivity contribution in [3.8, 4) is 5.75 Å². The Balaban J connectivity index is 1.33. The van der Waals surface area contributed by atoms with Gasteiger partial charge in [-0.05, 0) is 29.8 Å². The summed E-state index contributed by atoms with van der Waals surface area (Å²) in [5.41, 5.74) is 1.70. The fourth-order valence-electron chi connectivity index (χ4n) is 3.19. The summed E-state index contributed by atoms with van der Waals surface area (Å²) < 4.78 is 16.3. The first-order chi connectivity index (χ1) is 18.7. The predicted molar refractivity (Wildman–Crippen MR) is 148 cm³/mol. The molecule has 0 saturated carbocycles. The number of carbonyl (C=O) groups excluding carboxylic acids is 1. The summed E-state index contributed by atoms with van der Waals surface area (Å²) in [6.07, 6.45) is 1.73. The molecule has 3 aromatic rings. The van der Waals surface area contributed by atoms with Gasteiger partial charge in [0, 0.05) is 31.7 Å². The van der Waals surface area contributed by atoms with Crippen molar-refractivity contribution in [1.29, 1.82) is 0 Å². The van der Waals surface area contributed by atoms with E-state index in [0.29, 0.717) is 76.0 Å². The summed E-state index contributed by atoms with van der Waals surface area (Å²) in [5, 5.41) is 12.3. The molecule has 4 N–H and O–H groups in total. The molecule has 11 heteroatoms. The van der Waals surface area contributed by atoms with Crippen molar-refractivity contribution in [3.05, 3.63) is 78.4 Å². The lowest BCUT2D eigenvalue weighted by Crippen LogP contribution is -2.27. The highest BCUT2D eigenvalue weighted by Crippen LogP contribution is 2.14. The van der Waals surface area contributed by atoms with Gasteiger partial charge in [0.1, 0.15) is 5.75 Å². The van der Waals surface area contributed by atoms with Crippen LogP contribution in [0.5, 0.6) is 5.75 Å². The Labute approximate surface area is 223 Å². The van der Waals surface area contributed by atoms with Gasteiger partial charge in [-0.3, -0.25) is 4.79 Å². The molecule has 1 heterocycles. The fraction of sp³-hybridized carbons (Fsp3) is 0.333. The van der Waals surface area contributed by atoms with Crippen LogP contribution in [-0.4, -0.2) is 74.0 Å². The molecule has 0 atom stereocenters. The average Bonchev–Trinajstić information content (AvgIpc) is 2.96. The van der Waals surface area contributed by atoms with Crippen LogP contribution in [0.15, 0.2) is 67.3 Å². The van der Waals surface area contributed by atoms with Gasteiger partial charge < -0.3 is 35.5 Å². The van der Waals surface area contributed by atoms with E-state index >= 15 is 0 Å². The Kier molecular flexibility index (Phi) is 12.3. The number of anilines is 3. The van der Waals surface area contributed by atoms with Crippen LogP contribution >= 0.6 is 0 Å². The SMILES string of the molecule is C=CCNc1nc(NCCOCCOCCNC(=O)c2ccccc2)nc(NCc2ccc(OC)cc2)n1. The van der Waals surface area contributed by atoms with Gasteiger partial charge in [0.05, 0.1) is 33.5 Å². The van der Waals surface area contributed by atoms with Crippen molar-refractivity contribution < 1.29 is 19.0 Å². The third-order valence-electron chi connectivity index (χ3n) is 5.12. The van der Waals surface area contributed by atoms with Gasteiger partial charge in [0.15, 0.2) is 0 Å². The second kappa shape index (κ2) is 16.5. The number of nitrogens with zero attached hydrogens (tertiary/aromatic N) is 3. The van der Waals surface area contributed by atoms with E-state index in [1.807, 2.05) is 42.5 Å². The van der Waals surface area contributed by atoms with E-state index in [1.54, 1.807) is 25.3 Å². The number of rotatable bonds is 18. The van der Waals surface area contributed by atoms with Gasteiger partial charge in [0.25, 0.3) is 5.91 Å². The van der Waals surface area contributed by atoms with Crippen LogP contribution in [0.1, 0.15) is 15.9 Å². The van der Waals surface area contributed by atoms with Gasteiger partial charge in [-0.1, -0.05) is 36.4 Å². The van der Waals surface area contributed by atoms with Crippen molar-refractivity contribution in [1.82, 2.24) is 20.3 Å². The molecule has 0 aliphatic carbocycles. The van der Waals surface area contributed by atoms with E-state index in [0.717, 1.165) is 11.3 Å². The summed E-state index contributed by atoms with van der Waals surface area (Å²) in [6.45, 7) is 7.47. The molecule has 3 rings (SSSR count). The third-order valence-corrected chi connectivity index (χ3v) is 5.12. The van der Waals surface area contributed by atoms with E-state index in [2.05, 4.69) is 42.8 Å². The first kappa shape index (κ1) is 28.4. The van der Waals surface area contributed by atoms with E-state index in [4.69, 9.17) is 14.2 Å². The molecular weight excluding hydrogens is 486 g/mol. The van der Waals surface area contributed by atoms with Crippen molar-refractivity contribution in [2.24, 2.45) is 0 Å². The molecule has 1 aromatic heterocycles. The lowest BCUT2D eigenvalue weighted by Gasteiger charge is -2.11. The van der Waals surface area contributed by atoms with Crippen LogP contribution in [0, 0.1) is 0 Å². The lowest BCUT2D eigenvalue weighted by atomic mass is 10.2. The van der Waals surface area contributed by atoms with E-state index in [1.165, 1.54) is 0 Å². The Morgan fingerprint density at radius 1 is 0.816 bits per heavy atom. The fourth-order valence-corrected chi connectivity index (χ4v) is 3.19. The molecule has 0 aliphatic heterocycles. The summed E-state index contributed by atoms with van der Waals surface area (Å²) in [7, 11) is 1.64. The zero-order valence-corrected chi connectivity index (χ0v) is 21.6.